The van der Waals surface area contributed by atoms with E-state index >= 15 is 0 Å². The second-order valence-corrected chi connectivity index (χ2v) is 11.2. The van der Waals surface area contributed by atoms with Crippen LogP contribution in [0.15, 0.2) is 30.3 Å². The molecule has 2 rings (SSSR count). The standard InChI is InChI=1S/C16H20O3Si/c1-5-18-14(17)16(15(19-16)20(2,3)4)12-11-13-9-7-6-8-10-13/h6-10,15H,5H2,1-4H3/t15-,16+/m0/s1. The quantitative estimate of drug-likeness (QED) is 0.371. The van der Waals surface area contributed by atoms with Gasteiger partial charge in [-0.3, -0.25) is 0 Å². The molecule has 0 spiro atoms. The van der Waals surface area contributed by atoms with Crippen LogP contribution in [-0.2, 0) is 14.3 Å². The van der Waals surface area contributed by atoms with Crippen LogP contribution < -0.4 is 0 Å². The molecule has 0 aliphatic carbocycles. The molecule has 0 unspecified atom stereocenters. The Bertz CT molecular complexity index is 551. The molecule has 0 bridgehead atoms. The number of carbonyl (C=O) groups is 1. The molecule has 0 aromatic heterocycles. The van der Waals surface area contributed by atoms with Crippen LogP contribution >= 0.6 is 0 Å². The number of epoxide rings is 1. The van der Waals surface area contributed by atoms with Gasteiger partial charge in [-0.15, -0.1) is 0 Å². The fourth-order valence-corrected chi connectivity index (χ4v) is 4.11. The highest BCUT2D eigenvalue weighted by Gasteiger charge is 2.67. The highest BCUT2D eigenvalue weighted by atomic mass is 28.3. The van der Waals surface area contributed by atoms with Crippen LogP contribution in [0.5, 0.6) is 0 Å². The van der Waals surface area contributed by atoms with E-state index in [1.165, 1.54) is 0 Å². The van der Waals surface area contributed by atoms with Crippen LogP contribution in [0.2, 0.25) is 19.6 Å². The molecule has 1 aromatic carbocycles. The summed E-state index contributed by atoms with van der Waals surface area (Å²) < 4.78 is 10.9. The minimum Gasteiger partial charge on any atom is -0.463 e. The fourth-order valence-electron chi connectivity index (χ4n) is 2.16. The second kappa shape index (κ2) is 5.43. The molecule has 0 N–H and O–H groups in total. The maximum absolute atomic E-state index is 12.2. The van der Waals surface area contributed by atoms with Crippen molar-refractivity contribution >= 4 is 14.0 Å². The first-order valence-electron chi connectivity index (χ1n) is 6.83. The number of benzene rings is 1. The minimum atomic E-state index is -1.61. The van der Waals surface area contributed by atoms with Crippen molar-refractivity contribution in [2.75, 3.05) is 6.61 Å². The number of carbonyl (C=O) groups excluding carboxylic acids is 1. The first-order valence-corrected chi connectivity index (χ1v) is 10.4. The Morgan fingerprint density at radius 3 is 2.50 bits per heavy atom. The van der Waals surface area contributed by atoms with Gasteiger partial charge in [0.2, 0.25) is 5.60 Å². The lowest BCUT2D eigenvalue weighted by Crippen LogP contribution is -2.39. The monoisotopic (exact) mass is 288 g/mol. The molecule has 2 atom stereocenters. The highest BCUT2D eigenvalue weighted by Crippen LogP contribution is 2.43. The van der Waals surface area contributed by atoms with Gasteiger partial charge in [-0.1, -0.05) is 43.8 Å². The minimum absolute atomic E-state index is 0.0923. The second-order valence-electron chi connectivity index (χ2n) is 5.94. The van der Waals surface area contributed by atoms with E-state index in [2.05, 4.69) is 31.5 Å². The summed E-state index contributed by atoms with van der Waals surface area (Å²) in [7, 11) is -1.61. The molecule has 0 saturated carbocycles. The van der Waals surface area contributed by atoms with Gasteiger partial charge in [0, 0.05) is 5.56 Å². The molecule has 106 valence electrons. The third kappa shape index (κ3) is 2.95. The summed E-state index contributed by atoms with van der Waals surface area (Å²) in [5.74, 6) is 5.70. The Morgan fingerprint density at radius 1 is 1.35 bits per heavy atom. The SMILES string of the molecule is CCOC(=O)[C@@]1(C#Cc2ccccc2)O[C@H]1[Si](C)(C)C. The lowest BCUT2D eigenvalue weighted by Gasteiger charge is -2.13. The van der Waals surface area contributed by atoms with Gasteiger partial charge in [-0.25, -0.2) is 4.79 Å². The van der Waals surface area contributed by atoms with Gasteiger partial charge in [-0.2, -0.15) is 0 Å². The Labute approximate surface area is 121 Å². The van der Waals surface area contributed by atoms with Crippen molar-refractivity contribution in [2.24, 2.45) is 0 Å². The predicted molar refractivity (Wildman–Crippen MR) is 80.9 cm³/mol. The third-order valence-corrected chi connectivity index (χ3v) is 5.24. The maximum Gasteiger partial charge on any atom is 0.353 e. The smallest absolute Gasteiger partial charge is 0.353 e. The first-order chi connectivity index (χ1) is 9.40. The number of esters is 1. The summed E-state index contributed by atoms with van der Waals surface area (Å²) in [5.41, 5.74) is -0.262. The number of hydrogen-bond acceptors (Lipinski definition) is 3. The Hall–Kier alpha value is -1.57. The number of rotatable bonds is 3. The van der Waals surface area contributed by atoms with Crippen molar-refractivity contribution in [3.05, 3.63) is 35.9 Å². The van der Waals surface area contributed by atoms with E-state index in [4.69, 9.17) is 9.47 Å². The Balaban J connectivity index is 2.27. The molecule has 1 heterocycles. The van der Waals surface area contributed by atoms with E-state index in [0.717, 1.165) is 5.56 Å². The summed E-state index contributed by atoms with van der Waals surface area (Å²) in [5, 5.41) is 0. The molecule has 1 aliphatic heterocycles. The van der Waals surface area contributed by atoms with E-state index in [9.17, 15) is 4.79 Å². The molecule has 20 heavy (non-hydrogen) atoms. The molecule has 1 aromatic rings. The zero-order chi connectivity index (χ0) is 14.8. The van der Waals surface area contributed by atoms with Gasteiger partial charge in [0.25, 0.3) is 0 Å². The lowest BCUT2D eigenvalue weighted by molar-refractivity contribution is -0.147. The van der Waals surface area contributed by atoms with Gasteiger partial charge >= 0.3 is 5.97 Å². The first kappa shape index (κ1) is 14.8. The summed E-state index contributed by atoms with van der Waals surface area (Å²) in [6.07, 6.45) is 0. The summed E-state index contributed by atoms with van der Waals surface area (Å²) in [6, 6.07) is 9.61. The molecular formula is C16H20O3Si. The van der Waals surface area contributed by atoms with Crippen molar-refractivity contribution in [2.45, 2.75) is 37.9 Å². The van der Waals surface area contributed by atoms with Crippen molar-refractivity contribution < 1.29 is 14.3 Å². The molecule has 0 radical (unpaired) electrons. The molecule has 3 nitrogen and oxygen atoms in total. The van der Waals surface area contributed by atoms with Crippen molar-refractivity contribution in [1.82, 2.24) is 0 Å². The average Bonchev–Trinajstić information content (AvgIpc) is 3.14. The molecule has 1 saturated heterocycles. The van der Waals surface area contributed by atoms with Gasteiger partial charge in [-0.05, 0) is 25.0 Å². The zero-order valence-corrected chi connectivity index (χ0v) is 13.4. The maximum atomic E-state index is 12.2. The van der Waals surface area contributed by atoms with Gasteiger partial charge in [0.1, 0.15) is 5.73 Å². The van der Waals surface area contributed by atoms with Crippen molar-refractivity contribution in [3.63, 3.8) is 0 Å². The Kier molecular flexibility index (Phi) is 4.03. The van der Waals surface area contributed by atoms with Crippen LogP contribution in [0, 0.1) is 11.8 Å². The van der Waals surface area contributed by atoms with Crippen LogP contribution in [0.4, 0.5) is 0 Å². The Morgan fingerprint density at radius 2 is 2.00 bits per heavy atom. The summed E-state index contributed by atoms with van der Waals surface area (Å²) in [6.45, 7) is 8.64. The molecule has 1 aliphatic rings. The number of hydrogen-bond donors (Lipinski definition) is 0. The van der Waals surface area contributed by atoms with Crippen molar-refractivity contribution in [3.8, 4) is 11.8 Å². The predicted octanol–water partition coefficient (Wildman–Crippen LogP) is 2.62. The van der Waals surface area contributed by atoms with Crippen LogP contribution in [0.1, 0.15) is 12.5 Å². The largest absolute Gasteiger partial charge is 0.463 e. The molecule has 0 amide bonds. The van der Waals surface area contributed by atoms with E-state index < -0.39 is 13.7 Å². The summed E-state index contributed by atoms with van der Waals surface area (Å²) in [4.78, 5) is 12.2. The zero-order valence-electron chi connectivity index (χ0n) is 12.4. The van der Waals surface area contributed by atoms with E-state index in [1.54, 1.807) is 6.92 Å². The van der Waals surface area contributed by atoms with Gasteiger partial charge in [0.15, 0.2) is 0 Å². The lowest BCUT2D eigenvalue weighted by atomic mass is 10.1. The topological polar surface area (TPSA) is 38.8 Å². The average molecular weight is 288 g/mol. The molecular weight excluding hydrogens is 268 g/mol. The fraction of sp³-hybridized carbons (Fsp3) is 0.438. The van der Waals surface area contributed by atoms with E-state index in [-0.39, 0.29) is 11.7 Å². The van der Waals surface area contributed by atoms with E-state index in [1.807, 2.05) is 30.3 Å². The number of ether oxygens (including phenoxy) is 2. The van der Waals surface area contributed by atoms with E-state index in [0.29, 0.717) is 6.61 Å². The normalized spacial score (nSPS) is 24.5. The van der Waals surface area contributed by atoms with Crippen LogP contribution in [0.25, 0.3) is 0 Å². The van der Waals surface area contributed by atoms with Gasteiger partial charge in [0.05, 0.1) is 14.7 Å². The van der Waals surface area contributed by atoms with Crippen LogP contribution in [0.3, 0.4) is 0 Å². The third-order valence-electron chi connectivity index (χ3n) is 3.15. The van der Waals surface area contributed by atoms with Gasteiger partial charge < -0.3 is 9.47 Å². The highest BCUT2D eigenvalue weighted by molar-refractivity contribution is 6.78. The van der Waals surface area contributed by atoms with Crippen LogP contribution in [-0.4, -0.2) is 32.0 Å². The van der Waals surface area contributed by atoms with Crippen molar-refractivity contribution in [1.29, 1.82) is 0 Å². The molecule has 1 fully saturated rings. The molecule has 4 heteroatoms. The summed E-state index contributed by atoms with van der Waals surface area (Å²) >= 11 is 0.